The number of methoxy groups -OCH3 is 1. The van der Waals surface area contributed by atoms with Gasteiger partial charge in [0, 0.05) is 18.7 Å². The van der Waals surface area contributed by atoms with E-state index in [0.717, 1.165) is 27.3 Å². The van der Waals surface area contributed by atoms with Gasteiger partial charge in [-0.15, -0.1) is 10.2 Å². The van der Waals surface area contributed by atoms with Gasteiger partial charge in [0.05, 0.1) is 18.6 Å². The Morgan fingerprint density at radius 2 is 1.93 bits per heavy atom. The number of carbonyl (C=O) groups excluding carboxylic acids is 2. The van der Waals surface area contributed by atoms with Crippen LogP contribution in [0.15, 0.2) is 32.9 Å². The molecule has 2 amide bonds. The van der Waals surface area contributed by atoms with Crippen LogP contribution in [0.1, 0.15) is 26.2 Å². The Hall–Kier alpha value is -1.78. The Labute approximate surface area is 177 Å². The summed E-state index contributed by atoms with van der Waals surface area (Å²) in [6.07, 6.45) is 2.36. The molecule has 2 N–H and O–H groups in total. The smallest absolute Gasteiger partial charge is 0.237 e. The van der Waals surface area contributed by atoms with Crippen LogP contribution in [0, 0.1) is 0 Å². The zero-order chi connectivity index (χ0) is 20.4. The molecule has 2 aromatic rings. The highest BCUT2D eigenvalue weighted by atomic mass is 32.2. The van der Waals surface area contributed by atoms with E-state index in [1.807, 2.05) is 12.1 Å². The molecule has 10 heteroatoms. The number of para-hydroxylation sites is 2. The third-order valence-corrected chi connectivity index (χ3v) is 6.95. The van der Waals surface area contributed by atoms with E-state index in [1.54, 1.807) is 31.0 Å². The molecule has 0 unspecified atom stereocenters. The van der Waals surface area contributed by atoms with Crippen molar-refractivity contribution in [1.82, 2.24) is 10.2 Å². The molecular formula is C18H24N4O3S3. The first-order valence-electron chi connectivity index (χ1n) is 8.86. The normalized spacial score (nSPS) is 10.6. The predicted octanol–water partition coefficient (Wildman–Crippen LogP) is 3.44. The summed E-state index contributed by atoms with van der Waals surface area (Å²) in [5.74, 6) is 1.16. The van der Waals surface area contributed by atoms with Gasteiger partial charge in [-0.2, -0.15) is 0 Å². The lowest BCUT2D eigenvalue weighted by Crippen LogP contribution is -2.35. The molecule has 1 aromatic carbocycles. The Kier molecular flexibility index (Phi) is 9.59. The summed E-state index contributed by atoms with van der Waals surface area (Å²) in [6, 6.07) is 7.21. The van der Waals surface area contributed by atoms with Crippen molar-refractivity contribution in [2.75, 3.05) is 30.1 Å². The first-order chi connectivity index (χ1) is 13.5. The van der Waals surface area contributed by atoms with Crippen molar-refractivity contribution < 1.29 is 14.3 Å². The van der Waals surface area contributed by atoms with Crippen LogP contribution < -0.4 is 15.4 Å². The number of thioether (sulfide) groups is 2. The van der Waals surface area contributed by atoms with E-state index in [-0.39, 0.29) is 24.6 Å². The summed E-state index contributed by atoms with van der Waals surface area (Å²) in [7, 11) is 1.54. The number of nitrogens with zero attached hydrogens (tertiary/aromatic N) is 3. The molecule has 0 saturated heterocycles. The summed E-state index contributed by atoms with van der Waals surface area (Å²) in [4.78, 5) is 25.6. The maximum atomic E-state index is 12.9. The number of hydrogen-bond donors (Lipinski definition) is 1. The SMILES string of the molecule is CCCCSc1nnc(SCC(=O)N(CCC(N)=O)c2ccccc2OC)s1. The number of ether oxygens (including phenoxy) is 1. The molecule has 0 aliphatic heterocycles. The second kappa shape index (κ2) is 11.9. The molecule has 0 fully saturated rings. The molecule has 0 aliphatic carbocycles. The number of hydrogen-bond acceptors (Lipinski definition) is 8. The summed E-state index contributed by atoms with van der Waals surface area (Å²) >= 11 is 4.52. The highest BCUT2D eigenvalue weighted by Gasteiger charge is 2.20. The monoisotopic (exact) mass is 440 g/mol. The Morgan fingerprint density at radius 3 is 2.61 bits per heavy atom. The number of amides is 2. The van der Waals surface area contributed by atoms with E-state index >= 15 is 0 Å². The van der Waals surface area contributed by atoms with Crippen LogP contribution in [-0.2, 0) is 9.59 Å². The Balaban J connectivity index is 2.03. The third-order valence-electron chi connectivity index (χ3n) is 3.69. The molecule has 2 rings (SSSR count). The van der Waals surface area contributed by atoms with Crippen molar-refractivity contribution in [2.45, 2.75) is 34.9 Å². The first kappa shape index (κ1) is 22.5. The molecule has 7 nitrogen and oxygen atoms in total. The minimum absolute atomic E-state index is 0.0749. The van der Waals surface area contributed by atoms with Gasteiger partial charge in [-0.25, -0.2) is 0 Å². The number of carbonyl (C=O) groups is 2. The van der Waals surface area contributed by atoms with Gasteiger partial charge >= 0.3 is 0 Å². The van der Waals surface area contributed by atoms with Crippen LogP contribution in [0.5, 0.6) is 5.75 Å². The molecule has 1 aromatic heterocycles. The first-order valence-corrected chi connectivity index (χ1v) is 11.6. The van der Waals surface area contributed by atoms with Gasteiger partial charge in [-0.3, -0.25) is 9.59 Å². The van der Waals surface area contributed by atoms with Gasteiger partial charge in [-0.05, 0) is 18.6 Å². The van der Waals surface area contributed by atoms with Gasteiger partial charge in [0.15, 0.2) is 8.68 Å². The second-order valence-corrected chi connectivity index (χ2v) is 9.30. The van der Waals surface area contributed by atoms with Crippen LogP contribution in [0.2, 0.25) is 0 Å². The minimum atomic E-state index is -0.460. The van der Waals surface area contributed by atoms with Gasteiger partial charge in [0.1, 0.15) is 5.75 Å². The topological polar surface area (TPSA) is 98.4 Å². The molecule has 0 bridgehead atoms. The standard InChI is InChI=1S/C18H24N4O3S3/c1-3-4-11-26-17-20-21-18(28-17)27-12-16(24)22(10-9-15(19)23)13-7-5-6-8-14(13)25-2/h5-8H,3-4,9-12H2,1-2H3,(H2,19,23). The molecule has 0 saturated carbocycles. The fourth-order valence-electron chi connectivity index (χ4n) is 2.27. The van der Waals surface area contributed by atoms with E-state index in [0.29, 0.717) is 11.4 Å². The van der Waals surface area contributed by atoms with Crippen LogP contribution in [-0.4, -0.2) is 47.2 Å². The lowest BCUT2D eigenvalue weighted by atomic mass is 10.2. The fourth-order valence-corrected chi connectivity index (χ4v) is 5.32. The number of unbranched alkanes of at least 4 members (excludes halogenated alkanes) is 1. The van der Waals surface area contributed by atoms with Gasteiger partial charge < -0.3 is 15.4 Å². The van der Waals surface area contributed by atoms with E-state index in [9.17, 15) is 9.59 Å². The summed E-state index contributed by atoms with van der Waals surface area (Å²) < 4.78 is 7.02. The molecule has 0 radical (unpaired) electrons. The molecule has 0 atom stereocenters. The number of primary amides is 1. The number of rotatable bonds is 12. The van der Waals surface area contributed by atoms with Crippen molar-refractivity contribution in [2.24, 2.45) is 5.73 Å². The zero-order valence-electron chi connectivity index (χ0n) is 15.9. The molecule has 152 valence electrons. The number of benzene rings is 1. The third kappa shape index (κ3) is 6.99. The minimum Gasteiger partial charge on any atom is -0.495 e. The molecule has 0 aliphatic rings. The molecule has 28 heavy (non-hydrogen) atoms. The predicted molar refractivity (Wildman–Crippen MR) is 115 cm³/mol. The Bertz CT molecular complexity index is 785. The maximum Gasteiger partial charge on any atom is 0.237 e. The zero-order valence-corrected chi connectivity index (χ0v) is 18.4. The summed E-state index contributed by atoms with van der Waals surface area (Å²) in [5, 5.41) is 8.31. The largest absolute Gasteiger partial charge is 0.495 e. The van der Waals surface area contributed by atoms with Crippen molar-refractivity contribution in [3.63, 3.8) is 0 Å². The number of anilines is 1. The van der Waals surface area contributed by atoms with E-state index in [2.05, 4.69) is 17.1 Å². The number of aromatic nitrogens is 2. The fraction of sp³-hybridized carbons (Fsp3) is 0.444. The Morgan fingerprint density at radius 1 is 1.21 bits per heavy atom. The maximum absolute atomic E-state index is 12.9. The number of nitrogens with two attached hydrogens (primary N) is 1. The van der Waals surface area contributed by atoms with Crippen LogP contribution in [0.25, 0.3) is 0 Å². The lowest BCUT2D eigenvalue weighted by molar-refractivity contribution is -0.118. The van der Waals surface area contributed by atoms with Gasteiger partial charge in [0.25, 0.3) is 0 Å². The summed E-state index contributed by atoms with van der Waals surface area (Å²) in [6.45, 7) is 2.35. The highest BCUT2D eigenvalue weighted by Crippen LogP contribution is 2.31. The van der Waals surface area contributed by atoms with E-state index in [1.165, 1.54) is 28.0 Å². The lowest BCUT2D eigenvalue weighted by Gasteiger charge is -2.24. The van der Waals surface area contributed by atoms with Crippen molar-refractivity contribution in [3.8, 4) is 5.75 Å². The van der Waals surface area contributed by atoms with Crippen molar-refractivity contribution >= 4 is 52.4 Å². The molecule has 1 heterocycles. The highest BCUT2D eigenvalue weighted by molar-refractivity contribution is 8.03. The average Bonchev–Trinajstić information content (AvgIpc) is 3.14. The van der Waals surface area contributed by atoms with E-state index < -0.39 is 5.91 Å². The quantitative estimate of drug-likeness (QED) is 0.399. The van der Waals surface area contributed by atoms with Crippen molar-refractivity contribution in [3.05, 3.63) is 24.3 Å². The van der Waals surface area contributed by atoms with Crippen molar-refractivity contribution in [1.29, 1.82) is 0 Å². The van der Waals surface area contributed by atoms with E-state index in [4.69, 9.17) is 10.5 Å². The second-order valence-electron chi connectivity index (χ2n) is 5.76. The van der Waals surface area contributed by atoms with Crippen LogP contribution >= 0.6 is 34.9 Å². The average molecular weight is 441 g/mol. The molecular weight excluding hydrogens is 416 g/mol. The van der Waals surface area contributed by atoms with Gasteiger partial charge in [0.2, 0.25) is 11.8 Å². The van der Waals surface area contributed by atoms with Crippen LogP contribution in [0.4, 0.5) is 5.69 Å². The van der Waals surface area contributed by atoms with Gasteiger partial charge in [-0.1, -0.05) is 60.3 Å². The molecule has 0 spiro atoms. The summed E-state index contributed by atoms with van der Waals surface area (Å²) in [5.41, 5.74) is 5.89. The van der Waals surface area contributed by atoms with Crippen LogP contribution in [0.3, 0.4) is 0 Å².